The second kappa shape index (κ2) is 6.87. The zero-order valence-electron chi connectivity index (χ0n) is 14.0. The highest BCUT2D eigenvalue weighted by molar-refractivity contribution is 5.94. The quantitative estimate of drug-likeness (QED) is 0.444. The van der Waals surface area contributed by atoms with Gasteiger partial charge in [-0.05, 0) is 12.1 Å². The van der Waals surface area contributed by atoms with Crippen molar-refractivity contribution in [3.63, 3.8) is 0 Å². The normalized spacial score (nSPS) is 25.0. The molecule has 1 saturated heterocycles. The van der Waals surface area contributed by atoms with Gasteiger partial charge in [-0.25, -0.2) is 15.0 Å². The Morgan fingerprint density at radius 3 is 2.96 bits per heavy atom. The Hall–Kier alpha value is -3.15. The van der Waals surface area contributed by atoms with Gasteiger partial charge in [0.2, 0.25) is 0 Å². The molecule has 0 aromatic carbocycles. The van der Waals surface area contributed by atoms with Crippen molar-refractivity contribution in [3.8, 4) is 0 Å². The minimum Gasteiger partial charge on any atom is -0.394 e. The standard InChI is InChI=1S/C16H17N7O4/c17-13-11-14(20-6-19-13)23(7-21-11)16-10(12(25)9(5-24)27-16)22-15(26)8-2-1-3-18-4-8/h1-4,6-7,9-10,12,16,24-25H,5H2,(H,22,26)(H2,17,19,20)/t9-,10?,12+,16-/m1/s1. The van der Waals surface area contributed by atoms with Crippen LogP contribution in [0.5, 0.6) is 0 Å². The van der Waals surface area contributed by atoms with Gasteiger partial charge in [-0.15, -0.1) is 0 Å². The van der Waals surface area contributed by atoms with Gasteiger partial charge < -0.3 is 26.0 Å². The number of amides is 1. The van der Waals surface area contributed by atoms with E-state index in [2.05, 4.69) is 25.3 Å². The molecule has 4 rings (SSSR count). The first-order valence-electron chi connectivity index (χ1n) is 8.18. The Morgan fingerprint density at radius 2 is 2.22 bits per heavy atom. The Labute approximate surface area is 152 Å². The largest absolute Gasteiger partial charge is 0.394 e. The van der Waals surface area contributed by atoms with E-state index >= 15 is 0 Å². The van der Waals surface area contributed by atoms with E-state index in [1.54, 1.807) is 22.9 Å². The van der Waals surface area contributed by atoms with Crippen LogP contribution in [0.2, 0.25) is 0 Å². The molecular formula is C16H17N7O4. The number of aliphatic hydroxyl groups is 2. The van der Waals surface area contributed by atoms with E-state index in [0.717, 1.165) is 0 Å². The monoisotopic (exact) mass is 371 g/mol. The predicted molar refractivity (Wildman–Crippen MR) is 92.2 cm³/mol. The number of carbonyl (C=O) groups excluding carboxylic acids is 1. The molecule has 11 nitrogen and oxygen atoms in total. The Morgan fingerprint density at radius 1 is 1.37 bits per heavy atom. The number of hydrogen-bond donors (Lipinski definition) is 4. The molecule has 4 atom stereocenters. The van der Waals surface area contributed by atoms with Gasteiger partial charge in [-0.2, -0.15) is 0 Å². The van der Waals surface area contributed by atoms with Gasteiger partial charge >= 0.3 is 0 Å². The van der Waals surface area contributed by atoms with Gasteiger partial charge in [-0.3, -0.25) is 14.3 Å². The number of ether oxygens (including phenoxy) is 1. The fourth-order valence-corrected chi connectivity index (χ4v) is 3.08. The lowest BCUT2D eigenvalue weighted by Gasteiger charge is -2.22. The van der Waals surface area contributed by atoms with Crippen LogP contribution >= 0.6 is 0 Å². The first-order valence-corrected chi connectivity index (χ1v) is 8.18. The van der Waals surface area contributed by atoms with Crippen molar-refractivity contribution in [1.29, 1.82) is 0 Å². The molecule has 0 saturated carbocycles. The van der Waals surface area contributed by atoms with Crippen molar-refractivity contribution >= 4 is 22.9 Å². The molecule has 1 aliphatic rings. The molecule has 1 fully saturated rings. The van der Waals surface area contributed by atoms with Crippen LogP contribution < -0.4 is 11.1 Å². The van der Waals surface area contributed by atoms with Gasteiger partial charge in [0, 0.05) is 12.4 Å². The highest BCUT2D eigenvalue weighted by Crippen LogP contribution is 2.32. The second-order valence-electron chi connectivity index (χ2n) is 6.06. The van der Waals surface area contributed by atoms with Gasteiger partial charge in [0.15, 0.2) is 17.7 Å². The topological polar surface area (TPSA) is 161 Å². The summed E-state index contributed by atoms with van der Waals surface area (Å²) < 4.78 is 7.30. The van der Waals surface area contributed by atoms with Gasteiger partial charge in [0.05, 0.1) is 18.5 Å². The van der Waals surface area contributed by atoms with Crippen LogP contribution in [-0.2, 0) is 4.74 Å². The Bertz CT molecular complexity index is 964. The Balaban J connectivity index is 1.69. The van der Waals surface area contributed by atoms with Crippen LogP contribution in [0.25, 0.3) is 11.2 Å². The molecule has 0 bridgehead atoms. The summed E-state index contributed by atoms with van der Waals surface area (Å²) in [5, 5.41) is 22.8. The van der Waals surface area contributed by atoms with Crippen LogP contribution in [0.4, 0.5) is 5.82 Å². The van der Waals surface area contributed by atoms with E-state index < -0.39 is 37.0 Å². The molecule has 0 radical (unpaired) electrons. The van der Waals surface area contributed by atoms with Crippen molar-refractivity contribution in [3.05, 3.63) is 42.7 Å². The lowest BCUT2D eigenvalue weighted by Crippen LogP contribution is -2.46. The third-order valence-corrected chi connectivity index (χ3v) is 4.43. The zero-order valence-corrected chi connectivity index (χ0v) is 14.0. The fraction of sp³-hybridized carbons (Fsp3) is 0.312. The highest BCUT2D eigenvalue weighted by atomic mass is 16.5. The summed E-state index contributed by atoms with van der Waals surface area (Å²) in [6.45, 7) is -0.416. The summed E-state index contributed by atoms with van der Waals surface area (Å²) in [5.41, 5.74) is 6.90. The minimum atomic E-state index is -1.14. The fourth-order valence-electron chi connectivity index (χ4n) is 3.08. The van der Waals surface area contributed by atoms with Crippen molar-refractivity contribution in [2.24, 2.45) is 0 Å². The average molecular weight is 371 g/mol. The number of nitrogen functional groups attached to an aromatic ring is 1. The van der Waals surface area contributed by atoms with Crippen LogP contribution in [0, 0.1) is 0 Å². The van der Waals surface area contributed by atoms with Crippen LogP contribution in [0.15, 0.2) is 37.2 Å². The molecule has 1 aliphatic heterocycles. The van der Waals surface area contributed by atoms with Crippen LogP contribution in [-0.4, -0.2) is 65.5 Å². The summed E-state index contributed by atoms with van der Waals surface area (Å²) in [4.78, 5) is 28.7. The first kappa shape index (κ1) is 17.3. The molecule has 140 valence electrons. The molecular weight excluding hydrogens is 354 g/mol. The number of carbonyl (C=O) groups is 1. The average Bonchev–Trinajstić information content (AvgIpc) is 3.25. The molecule has 1 unspecified atom stereocenters. The predicted octanol–water partition coefficient (Wildman–Crippen LogP) is -1.15. The maximum Gasteiger partial charge on any atom is 0.253 e. The van der Waals surface area contributed by atoms with E-state index in [1.807, 2.05) is 0 Å². The number of imidazole rings is 1. The molecule has 27 heavy (non-hydrogen) atoms. The number of nitrogens with two attached hydrogens (primary N) is 1. The number of hydrogen-bond acceptors (Lipinski definition) is 9. The molecule has 3 aromatic rings. The number of rotatable bonds is 4. The van der Waals surface area contributed by atoms with Gasteiger partial charge in [-0.1, -0.05) is 0 Å². The van der Waals surface area contributed by atoms with E-state index in [1.165, 1.54) is 18.9 Å². The van der Waals surface area contributed by atoms with Gasteiger partial charge in [0.1, 0.15) is 30.1 Å². The molecule has 0 aliphatic carbocycles. The smallest absolute Gasteiger partial charge is 0.253 e. The number of anilines is 1. The van der Waals surface area contributed by atoms with Crippen molar-refractivity contribution < 1.29 is 19.7 Å². The molecule has 0 spiro atoms. The minimum absolute atomic E-state index is 0.201. The first-order chi connectivity index (χ1) is 13.1. The van der Waals surface area contributed by atoms with Crippen LogP contribution in [0.1, 0.15) is 16.6 Å². The summed E-state index contributed by atoms with van der Waals surface area (Å²) in [5.74, 6) is -0.232. The summed E-state index contributed by atoms with van der Waals surface area (Å²) in [6.07, 6.45) is 2.82. The van der Waals surface area contributed by atoms with E-state index in [4.69, 9.17) is 10.5 Å². The second-order valence-corrected chi connectivity index (χ2v) is 6.06. The van der Waals surface area contributed by atoms with E-state index in [9.17, 15) is 15.0 Å². The molecule has 11 heteroatoms. The zero-order chi connectivity index (χ0) is 19.0. The molecule has 4 heterocycles. The molecule has 1 amide bonds. The maximum atomic E-state index is 12.5. The van der Waals surface area contributed by atoms with Crippen molar-refractivity contribution in [2.45, 2.75) is 24.5 Å². The van der Waals surface area contributed by atoms with Crippen LogP contribution in [0.3, 0.4) is 0 Å². The number of nitrogens with zero attached hydrogens (tertiary/aromatic N) is 5. The van der Waals surface area contributed by atoms with E-state index in [-0.39, 0.29) is 5.82 Å². The number of nitrogens with one attached hydrogen (secondary N) is 1. The maximum absolute atomic E-state index is 12.5. The lowest BCUT2D eigenvalue weighted by molar-refractivity contribution is -0.0440. The molecule has 3 aromatic heterocycles. The van der Waals surface area contributed by atoms with Gasteiger partial charge in [0.25, 0.3) is 5.91 Å². The summed E-state index contributed by atoms with van der Waals surface area (Å²) >= 11 is 0. The third kappa shape index (κ3) is 2.97. The summed E-state index contributed by atoms with van der Waals surface area (Å²) in [6, 6.07) is 2.38. The van der Waals surface area contributed by atoms with Crippen molar-refractivity contribution in [1.82, 2.24) is 29.8 Å². The lowest BCUT2D eigenvalue weighted by atomic mass is 10.1. The SMILES string of the molecule is Nc1ncnc2c1ncn2[C@@H]1O[C@H](CO)[C@H](O)C1NC(=O)c1cccnc1. The highest BCUT2D eigenvalue weighted by Gasteiger charge is 2.45. The number of aromatic nitrogens is 5. The number of fused-ring (bicyclic) bond motifs is 1. The number of pyridine rings is 1. The Kier molecular flexibility index (Phi) is 4.39. The van der Waals surface area contributed by atoms with Crippen molar-refractivity contribution in [2.75, 3.05) is 12.3 Å². The summed E-state index contributed by atoms with van der Waals surface area (Å²) in [7, 11) is 0. The molecule has 5 N–H and O–H groups in total. The third-order valence-electron chi connectivity index (χ3n) is 4.43. The van der Waals surface area contributed by atoms with E-state index in [0.29, 0.717) is 16.7 Å². The number of aliphatic hydroxyl groups excluding tert-OH is 2.